The van der Waals surface area contributed by atoms with Gasteiger partial charge >= 0.3 is 5.97 Å². The number of carbonyl (C=O) groups excluding carboxylic acids is 1. The molecule has 0 aliphatic carbocycles. The lowest BCUT2D eigenvalue weighted by molar-refractivity contribution is -0.139. The second-order valence-corrected chi connectivity index (χ2v) is 5.87. The summed E-state index contributed by atoms with van der Waals surface area (Å²) >= 11 is 4.53. The Morgan fingerprint density at radius 3 is 2.68 bits per heavy atom. The molecule has 0 bridgehead atoms. The quantitative estimate of drug-likeness (QED) is 0.628. The van der Waals surface area contributed by atoms with Gasteiger partial charge in [0.2, 0.25) is 5.89 Å². The third kappa shape index (κ3) is 3.57. The molecule has 1 aromatic carbocycles. The van der Waals surface area contributed by atoms with Crippen molar-refractivity contribution >= 4 is 33.7 Å². The number of benzene rings is 1. The molecule has 0 aliphatic rings. The van der Waals surface area contributed by atoms with Crippen molar-refractivity contribution < 1.29 is 13.9 Å². The Morgan fingerprint density at radius 2 is 2.05 bits per heavy atom. The minimum absolute atomic E-state index is 0.326. The van der Waals surface area contributed by atoms with Crippen LogP contribution in [-0.2, 0) is 9.53 Å². The van der Waals surface area contributed by atoms with Crippen LogP contribution < -0.4 is 0 Å². The Bertz CT molecular complexity index is 571. The summed E-state index contributed by atoms with van der Waals surface area (Å²) in [6, 6.07) is 7.53. The number of hydrogen-bond acceptors (Lipinski definition) is 6. The Hall–Kier alpha value is -1.34. The molecule has 0 saturated carbocycles. The maximum absolute atomic E-state index is 11.3. The molecule has 0 saturated heterocycles. The van der Waals surface area contributed by atoms with Crippen molar-refractivity contribution in [3.05, 3.63) is 28.7 Å². The van der Waals surface area contributed by atoms with Crippen LogP contribution in [0.1, 0.15) is 6.92 Å². The highest BCUT2D eigenvalue weighted by Crippen LogP contribution is 2.27. The highest BCUT2D eigenvalue weighted by molar-refractivity contribution is 9.10. The van der Waals surface area contributed by atoms with E-state index in [-0.39, 0.29) is 11.2 Å². The molecular weight excluding hydrogens is 332 g/mol. The maximum atomic E-state index is 11.3. The van der Waals surface area contributed by atoms with E-state index in [2.05, 4.69) is 30.9 Å². The fourth-order valence-corrected chi connectivity index (χ4v) is 2.31. The Kier molecular flexibility index (Phi) is 4.60. The number of rotatable bonds is 4. The zero-order valence-electron chi connectivity index (χ0n) is 10.3. The molecule has 2 rings (SSSR count). The van der Waals surface area contributed by atoms with E-state index in [0.717, 1.165) is 10.0 Å². The van der Waals surface area contributed by atoms with Crippen molar-refractivity contribution in [2.24, 2.45) is 0 Å². The molecule has 7 heteroatoms. The van der Waals surface area contributed by atoms with Gasteiger partial charge in [-0.25, -0.2) is 0 Å². The highest BCUT2D eigenvalue weighted by Gasteiger charge is 2.18. The largest absolute Gasteiger partial charge is 0.468 e. The molecule has 1 atom stereocenters. The van der Waals surface area contributed by atoms with Crippen molar-refractivity contribution in [1.82, 2.24) is 10.2 Å². The Labute approximate surface area is 122 Å². The van der Waals surface area contributed by atoms with Crippen LogP contribution in [0.5, 0.6) is 0 Å². The molecule has 5 nitrogen and oxygen atoms in total. The molecular formula is C12H11BrN2O3S. The van der Waals surface area contributed by atoms with Crippen LogP contribution in [0.15, 0.2) is 38.4 Å². The smallest absolute Gasteiger partial charge is 0.319 e. The first-order chi connectivity index (χ1) is 9.10. The zero-order chi connectivity index (χ0) is 13.8. The molecule has 0 amide bonds. The van der Waals surface area contributed by atoms with Gasteiger partial charge in [-0.05, 0) is 31.2 Å². The minimum Gasteiger partial charge on any atom is -0.468 e. The Morgan fingerprint density at radius 1 is 1.37 bits per heavy atom. The van der Waals surface area contributed by atoms with Crippen LogP contribution >= 0.6 is 27.7 Å². The van der Waals surface area contributed by atoms with Gasteiger partial charge in [-0.1, -0.05) is 27.7 Å². The number of methoxy groups -OCH3 is 1. The fourth-order valence-electron chi connectivity index (χ4n) is 1.33. The molecule has 100 valence electrons. The van der Waals surface area contributed by atoms with Gasteiger partial charge in [0.25, 0.3) is 5.22 Å². The molecule has 0 spiro atoms. The highest BCUT2D eigenvalue weighted by atomic mass is 79.9. The topological polar surface area (TPSA) is 65.2 Å². The third-order valence-electron chi connectivity index (χ3n) is 2.31. The molecule has 0 radical (unpaired) electrons. The lowest BCUT2D eigenvalue weighted by atomic mass is 10.2. The maximum Gasteiger partial charge on any atom is 0.319 e. The number of ether oxygens (including phenoxy) is 1. The van der Waals surface area contributed by atoms with E-state index in [0.29, 0.717) is 11.1 Å². The van der Waals surface area contributed by atoms with Gasteiger partial charge in [0, 0.05) is 10.0 Å². The number of esters is 1. The monoisotopic (exact) mass is 342 g/mol. The van der Waals surface area contributed by atoms with Gasteiger partial charge in [-0.3, -0.25) is 4.79 Å². The SMILES string of the molecule is COC(=O)C(C)Sc1nnc(-c2ccc(Br)cc2)o1. The summed E-state index contributed by atoms with van der Waals surface area (Å²) < 4.78 is 11.1. The molecule has 19 heavy (non-hydrogen) atoms. The van der Waals surface area contributed by atoms with Crippen molar-refractivity contribution in [3.8, 4) is 11.5 Å². The number of aromatic nitrogens is 2. The van der Waals surface area contributed by atoms with Crippen LogP contribution in [0.3, 0.4) is 0 Å². The normalized spacial score (nSPS) is 12.2. The predicted octanol–water partition coefficient (Wildman–Crippen LogP) is 3.15. The molecule has 1 unspecified atom stereocenters. The minimum atomic E-state index is -0.386. The van der Waals surface area contributed by atoms with Crippen molar-refractivity contribution in [3.63, 3.8) is 0 Å². The first-order valence-electron chi connectivity index (χ1n) is 5.44. The number of hydrogen-bond donors (Lipinski definition) is 0. The zero-order valence-corrected chi connectivity index (χ0v) is 12.7. The van der Waals surface area contributed by atoms with Crippen molar-refractivity contribution in [2.45, 2.75) is 17.4 Å². The summed E-state index contributed by atoms with van der Waals surface area (Å²) in [5.41, 5.74) is 0.827. The predicted molar refractivity (Wildman–Crippen MR) is 74.8 cm³/mol. The molecule has 1 aromatic heterocycles. The van der Waals surface area contributed by atoms with Crippen LogP contribution in [-0.4, -0.2) is 28.5 Å². The molecule has 0 N–H and O–H groups in total. The van der Waals surface area contributed by atoms with E-state index in [1.165, 1.54) is 18.9 Å². The standard InChI is InChI=1S/C12H11BrN2O3S/c1-7(11(16)17-2)19-12-15-14-10(18-12)8-3-5-9(13)6-4-8/h3-7H,1-2H3. The van der Waals surface area contributed by atoms with Gasteiger partial charge in [0.1, 0.15) is 5.25 Å². The summed E-state index contributed by atoms with van der Waals surface area (Å²) in [5, 5.41) is 7.81. The number of thioether (sulfide) groups is 1. The molecule has 2 aromatic rings. The molecule has 0 aliphatic heterocycles. The average molecular weight is 343 g/mol. The van der Waals surface area contributed by atoms with E-state index >= 15 is 0 Å². The van der Waals surface area contributed by atoms with E-state index in [9.17, 15) is 4.79 Å². The lowest BCUT2D eigenvalue weighted by Crippen LogP contribution is -2.14. The van der Waals surface area contributed by atoms with E-state index in [1.54, 1.807) is 6.92 Å². The van der Waals surface area contributed by atoms with Gasteiger partial charge in [-0.2, -0.15) is 0 Å². The second-order valence-electron chi connectivity index (χ2n) is 3.66. The van der Waals surface area contributed by atoms with E-state index in [1.807, 2.05) is 24.3 Å². The summed E-state index contributed by atoms with van der Waals surface area (Å²) in [5.74, 6) is 0.0976. The lowest BCUT2D eigenvalue weighted by Gasteiger charge is -2.04. The van der Waals surface area contributed by atoms with Crippen LogP contribution in [0, 0.1) is 0 Å². The van der Waals surface area contributed by atoms with Crippen LogP contribution in [0.25, 0.3) is 11.5 Å². The third-order valence-corrected chi connectivity index (χ3v) is 3.75. The summed E-state index contributed by atoms with van der Waals surface area (Å²) in [6.45, 7) is 1.72. The second kappa shape index (κ2) is 6.21. The first-order valence-corrected chi connectivity index (χ1v) is 7.11. The number of halogens is 1. The van der Waals surface area contributed by atoms with Crippen molar-refractivity contribution in [2.75, 3.05) is 7.11 Å². The molecule has 1 heterocycles. The number of carbonyl (C=O) groups is 1. The average Bonchev–Trinajstić information content (AvgIpc) is 2.87. The van der Waals surface area contributed by atoms with Gasteiger partial charge in [0.15, 0.2) is 0 Å². The summed E-state index contributed by atoms with van der Waals surface area (Å²) in [6.07, 6.45) is 0. The van der Waals surface area contributed by atoms with E-state index < -0.39 is 0 Å². The van der Waals surface area contributed by atoms with Gasteiger partial charge < -0.3 is 9.15 Å². The number of nitrogens with zero attached hydrogens (tertiary/aromatic N) is 2. The van der Waals surface area contributed by atoms with Gasteiger partial charge in [-0.15, -0.1) is 10.2 Å². The molecule has 0 fully saturated rings. The van der Waals surface area contributed by atoms with Crippen LogP contribution in [0.2, 0.25) is 0 Å². The fraction of sp³-hybridized carbons (Fsp3) is 0.250. The van der Waals surface area contributed by atoms with E-state index in [4.69, 9.17) is 4.42 Å². The van der Waals surface area contributed by atoms with Crippen molar-refractivity contribution in [1.29, 1.82) is 0 Å². The van der Waals surface area contributed by atoms with Crippen LogP contribution in [0.4, 0.5) is 0 Å². The Balaban J connectivity index is 2.11. The summed E-state index contributed by atoms with van der Waals surface area (Å²) in [7, 11) is 1.35. The van der Waals surface area contributed by atoms with Gasteiger partial charge in [0.05, 0.1) is 7.11 Å². The first kappa shape index (κ1) is 14.1. The summed E-state index contributed by atoms with van der Waals surface area (Å²) in [4.78, 5) is 11.3.